The lowest BCUT2D eigenvalue weighted by Gasteiger charge is -2.32. The lowest BCUT2D eigenvalue weighted by molar-refractivity contribution is 0.168. The van der Waals surface area contributed by atoms with Crippen LogP contribution >= 0.6 is 15.9 Å². The molecular formula is C15H14BrFN6O2. The smallest absolute Gasteiger partial charge is 0.242 e. The fraction of sp³-hybridized carbons (Fsp3) is 0.333. The molecule has 1 aromatic carbocycles. The van der Waals surface area contributed by atoms with Gasteiger partial charge in [0.1, 0.15) is 17.7 Å². The first kappa shape index (κ1) is 16.0. The molecule has 3 heterocycles. The highest BCUT2D eigenvalue weighted by Gasteiger charge is 2.24. The van der Waals surface area contributed by atoms with Gasteiger partial charge in [-0.25, -0.2) is 4.39 Å². The van der Waals surface area contributed by atoms with Gasteiger partial charge in [0.15, 0.2) is 5.82 Å². The van der Waals surface area contributed by atoms with Crippen molar-refractivity contribution < 1.29 is 13.7 Å². The summed E-state index contributed by atoms with van der Waals surface area (Å²) in [6.45, 7) is 1.52. The van der Waals surface area contributed by atoms with Crippen molar-refractivity contribution in [1.82, 2.24) is 25.8 Å². The van der Waals surface area contributed by atoms with Gasteiger partial charge in [-0.1, -0.05) is 5.16 Å². The minimum absolute atomic E-state index is 0.0259. The van der Waals surface area contributed by atoms with Crippen molar-refractivity contribution in [2.75, 3.05) is 18.0 Å². The number of hydrogen-bond acceptors (Lipinski definition) is 7. The molecule has 0 saturated carbocycles. The molecule has 25 heavy (non-hydrogen) atoms. The fourth-order valence-electron chi connectivity index (χ4n) is 2.74. The monoisotopic (exact) mass is 408 g/mol. The lowest BCUT2D eigenvalue weighted by Crippen LogP contribution is -2.38. The maximum Gasteiger partial charge on any atom is 0.242 e. The van der Waals surface area contributed by atoms with Crippen molar-refractivity contribution in [3.63, 3.8) is 0 Å². The Morgan fingerprint density at radius 1 is 1.28 bits per heavy atom. The molecule has 1 saturated heterocycles. The first-order chi connectivity index (χ1) is 12.2. The van der Waals surface area contributed by atoms with Gasteiger partial charge < -0.3 is 14.2 Å². The molecule has 0 spiro atoms. The van der Waals surface area contributed by atoms with Gasteiger partial charge in [0.05, 0.1) is 4.47 Å². The molecule has 0 bridgehead atoms. The molecular weight excluding hydrogens is 395 g/mol. The van der Waals surface area contributed by atoms with Crippen LogP contribution in [0.5, 0.6) is 5.75 Å². The highest BCUT2D eigenvalue weighted by molar-refractivity contribution is 9.10. The number of anilines is 1. The number of nitrogens with one attached hydrogen (secondary N) is 1. The molecule has 1 N–H and O–H groups in total. The van der Waals surface area contributed by atoms with Gasteiger partial charge in [0.2, 0.25) is 11.6 Å². The maximum atomic E-state index is 13.4. The molecule has 0 aliphatic carbocycles. The predicted octanol–water partition coefficient (Wildman–Crippen LogP) is 2.80. The van der Waals surface area contributed by atoms with Gasteiger partial charge in [-0.05, 0) is 33.3 Å². The number of H-pyrrole nitrogens is 1. The second-order valence-electron chi connectivity index (χ2n) is 5.66. The largest absolute Gasteiger partial charge is 0.489 e. The van der Waals surface area contributed by atoms with Gasteiger partial charge in [-0.15, -0.1) is 10.2 Å². The van der Waals surface area contributed by atoms with E-state index in [4.69, 9.17) is 9.26 Å². The normalized spacial score (nSPS) is 15.5. The van der Waals surface area contributed by atoms with Crippen molar-refractivity contribution in [2.45, 2.75) is 18.9 Å². The molecule has 0 atom stereocenters. The molecule has 10 heteroatoms. The molecule has 2 aromatic heterocycles. The third-order valence-corrected chi connectivity index (χ3v) is 4.67. The minimum atomic E-state index is -0.313. The molecule has 0 radical (unpaired) electrons. The van der Waals surface area contributed by atoms with E-state index in [2.05, 4.69) is 46.6 Å². The summed E-state index contributed by atoms with van der Waals surface area (Å²) in [5, 5.41) is 17.7. The van der Waals surface area contributed by atoms with Crippen LogP contribution in [-0.4, -0.2) is 45.0 Å². The highest BCUT2D eigenvalue weighted by Crippen LogP contribution is 2.30. The number of tetrazole rings is 1. The van der Waals surface area contributed by atoms with Crippen LogP contribution in [0.1, 0.15) is 12.8 Å². The number of ether oxygens (including phenoxy) is 1. The summed E-state index contributed by atoms with van der Waals surface area (Å²) in [4.78, 5) is 2.10. The highest BCUT2D eigenvalue weighted by atomic mass is 79.9. The molecule has 1 aliphatic rings. The van der Waals surface area contributed by atoms with Crippen LogP contribution in [-0.2, 0) is 0 Å². The van der Waals surface area contributed by atoms with Gasteiger partial charge in [0, 0.05) is 38.1 Å². The lowest BCUT2D eigenvalue weighted by atomic mass is 10.1. The Morgan fingerprint density at radius 2 is 2.12 bits per heavy atom. The second kappa shape index (κ2) is 6.79. The summed E-state index contributed by atoms with van der Waals surface area (Å²) >= 11 is 3.38. The fourth-order valence-corrected chi connectivity index (χ4v) is 3.08. The number of halogens is 2. The van der Waals surface area contributed by atoms with E-state index < -0.39 is 0 Å². The first-order valence-corrected chi connectivity index (χ1v) is 8.55. The van der Waals surface area contributed by atoms with Crippen LogP contribution in [0.25, 0.3) is 11.6 Å². The van der Waals surface area contributed by atoms with E-state index in [9.17, 15) is 4.39 Å². The number of aromatic amines is 1. The van der Waals surface area contributed by atoms with Crippen LogP contribution in [0.4, 0.5) is 10.2 Å². The summed E-state index contributed by atoms with van der Waals surface area (Å²) < 4.78 is 25.3. The van der Waals surface area contributed by atoms with Gasteiger partial charge >= 0.3 is 0 Å². The summed E-state index contributed by atoms with van der Waals surface area (Å²) in [6, 6.07) is 6.22. The minimum Gasteiger partial charge on any atom is -0.489 e. The molecule has 130 valence electrons. The Balaban J connectivity index is 1.38. The topological polar surface area (TPSA) is 93.0 Å². The van der Waals surface area contributed by atoms with E-state index in [1.807, 2.05) is 0 Å². The van der Waals surface area contributed by atoms with Crippen LogP contribution in [0.15, 0.2) is 33.3 Å². The number of piperidine rings is 1. The summed E-state index contributed by atoms with van der Waals surface area (Å²) in [6.07, 6.45) is 1.62. The summed E-state index contributed by atoms with van der Waals surface area (Å²) in [7, 11) is 0. The zero-order chi connectivity index (χ0) is 17.2. The van der Waals surface area contributed by atoms with Gasteiger partial charge in [-0.3, -0.25) is 0 Å². The number of benzene rings is 1. The third-order valence-electron chi connectivity index (χ3n) is 4.02. The number of nitrogens with zero attached hydrogens (tertiary/aromatic N) is 5. The maximum absolute atomic E-state index is 13.4. The molecule has 8 nitrogen and oxygen atoms in total. The van der Waals surface area contributed by atoms with Crippen molar-refractivity contribution >= 4 is 21.7 Å². The SMILES string of the molecule is Fc1ccc(Br)c(OC2CCN(c3cc(-c4nn[nH]n4)on3)CC2)c1. The number of aromatic nitrogens is 5. The Labute approximate surface area is 150 Å². The number of rotatable bonds is 4. The Hall–Kier alpha value is -2.49. The Morgan fingerprint density at radius 3 is 2.88 bits per heavy atom. The molecule has 1 aliphatic heterocycles. The first-order valence-electron chi connectivity index (χ1n) is 7.76. The van der Waals surface area contributed by atoms with Gasteiger partial charge in [0.25, 0.3) is 0 Å². The van der Waals surface area contributed by atoms with Gasteiger partial charge in [-0.2, -0.15) is 5.21 Å². The molecule has 1 fully saturated rings. The van der Waals surface area contributed by atoms with Crippen molar-refractivity contribution in [2.24, 2.45) is 0 Å². The van der Waals surface area contributed by atoms with E-state index >= 15 is 0 Å². The molecule has 4 rings (SSSR count). The van der Waals surface area contributed by atoms with E-state index in [0.717, 1.165) is 36.2 Å². The third kappa shape index (κ3) is 3.48. The zero-order valence-corrected chi connectivity index (χ0v) is 14.6. The van der Waals surface area contributed by atoms with E-state index in [1.54, 1.807) is 12.1 Å². The molecule has 0 unspecified atom stereocenters. The average molecular weight is 409 g/mol. The van der Waals surface area contributed by atoms with Crippen LogP contribution in [0, 0.1) is 5.82 Å². The Kier molecular flexibility index (Phi) is 4.35. The van der Waals surface area contributed by atoms with Crippen LogP contribution < -0.4 is 9.64 Å². The van der Waals surface area contributed by atoms with Crippen LogP contribution in [0.2, 0.25) is 0 Å². The summed E-state index contributed by atoms with van der Waals surface area (Å²) in [5.74, 6) is 1.77. The zero-order valence-electron chi connectivity index (χ0n) is 13.0. The van der Waals surface area contributed by atoms with Crippen LogP contribution in [0.3, 0.4) is 0 Å². The molecule has 0 amide bonds. The second-order valence-corrected chi connectivity index (χ2v) is 6.52. The van der Waals surface area contributed by atoms with E-state index in [-0.39, 0.29) is 11.9 Å². The van der Waals surface area contributed by atoms with E-state index in [0.29, 0.717) is 17.3 Å². The summed E-state index contributed by atoms with van der Waals surface area (Å²) in [5.41, 5.74) is 0. The van der Waals surface area contributed by atoms with Crippen molar-refractivity contribution in [3.8, 4) is 17.3 Å². The Bertz CT molecular complexity index is 848. The standard InChI is InChI=1S/C15H14BrFN6O2/c16-11-2-1-9(17)7-12(11)24-10-3-5-23(6-4-10)14-8-13(25-20-14)15-18-21-22-19-15/h1-2,7-8,10H,3-6H2,(H,18,19,21,22). The predicted molar refractivity (Wildman–Crippen MR) is 89.6 cm³/mol. The number of hydrogen-bond donors (Lipinski definition) is 1. The molecule has 3 aromatic rings. The van der Waals surface area contributed by atoms with Crippen molar-refractivity contribution in [1.29, 1.82) is 0 Å². The average Bonchev–Trinajstić information content (AvgIpc) is 3.30. The van der Waals surface area contributed by atoms with Crippen molar-refractivity contribution in [3.05, 3.63) is 34.6 Å². The van der Waals surface area contributed by atoms with E-state index in [1.165, 1.54) is 12.1 Å². The quantitative estimate of drug-likeness (QED) is 0.708.